The Balaban J connectivity index is 1.50. The highest BCUT2D eigenvalue weighted by atomic mass is 16.7. The molecule has 0 saturated heterocycles. The molecule has 0 aromatic heterocycles. The molecule has 1 aromatic rings. The molecule has 0 amide bonds. The second-order valence-corrected chi connectivity index (χ2v) is 5.20. The van der Waals surface area contributed by atoms with Gasteiger partial charge in [-0.25, -0.2) is 0 Å². The summed E-state index contributed by atoms with van der Waals surface area (Å²) >= 11 is 0. The molecule has 2 aliphatic rings. The predicted octanol–water partition coefficient (Wildman–Crippen LogP) is 3.04. The smallest absolute Gasteiger partial charge is 0.306 e. The van der Waals surface area contributed by atoms with Gasteiger partial charge in [-0.3, -0.25) is 4.79 Å². The molecule has 0 atom stereocenters. The summed E-state index contributed by atoms with van der Waals surface area (Å²) < 4.78 is 15.8. The first-order chi connectivity index (χ1) is 9.31. The molecule has 0 radical (unpaired) electrons. The molecule has 1 saturated carbocycles. The Bertz CT molecular complexity index is 463. The normalized spacial score (nSPS) is 17.7. The van der Waals surface area contributed by atoms with Crippen LogP contribution in [-0.4, -0.2) is 12.8 Å². The van der Waals surface area contributed by atoms with Gasteiger partial charge in [-0.15, -0.1) is 0 Å². The van der Waals surface area contributed by atoms with Crippen molar-refractivity contribution in [3.8, 4) is 11.5 Å². The van der Waals surface area contributed by atoms with E-state index in [4.69, 9.17) is 14.2 Å². The zero-order chi connectivity index (χ0) is 13.1. The minimum atomic E-state index is -0.0930. The minimum Gasteiger partial charge on any atom is -0.461 e. The molecular formula is C15H18O4. The van der Waals surface area contributed by atoms with Crippen LogP contribution in [0.1, 0.15) is 37.7 Å². The van der Waals surface area contributed by atoms with Crippen LogP contribution in [0.4, 0.5) is 0 Å². The van der Waals surface area contributed by atoms with Crippen molar-refractivity contribution in [2.45, 2.75) is 38.7 Å². The number of ether oxygens (including phenoxy) is 3. The maximum Gasteiger partial charge on any atom is 0.306 e. The molecular weight excluding hydrogens is 244 g/mol. The molecule has 1 fully saturated rings. The molecule has 1 aliphatic heterocycles. The van der Waals surface area contributed by atoms with E-state index in [-0.39, 0.29) is 12.8 Å². The molecule has 1 heterocycles. The summed E-state index contributed by atoms with van der Waals surface area (Å²) in [5, 5.41) is 0. The van der Waals surface area contributed by atoms with Crippen molar-refractivity contribution in [3.05, 3.63) is 23.8 Å². The Morgan fingerprint density at radius 3 is 2.84 bits per heavy atom. The number of hydrogen-bond donors (Lipinski definition) is 0. The summed E-state index contributed by atoms with van der Waals surface area (Å²) in [6, 6.07) is 5.62. The Morgan fingerprint density at radius 1 is 1.21 bits per heavy atom. The van der Waals surface area contributed by atoms with Crippen molar-refractivity contribution >= 4 is 5.97 Å². The first kappa shape index (κ1) is 12.3. The van der Waals surface area contributed by atoms with Crippen molar-refractivity contribution in [2.75, 3.05) is 6.79 Å². The Labute approximate surface area is 112 Å². The van der Waals surface area contributed by atoms with Crippen LogP contribution in [-0.2, 0) is 16.1 Å². The maximum absolute atomic E-state index is 11.7. The van der Waals surface area contributed by atoms with E-state index < -0.39 is 0 Å². The molecule has 19 heavy (non-hydrogen) atoms. The SMILES string of the molecule is O=C(CC1CCCC1)OCc1ccc2c(c1)OCO2. The van der Waals surface area contributed by atoms with Crippen LogP contribution in [0.2, 0.25) is 0 Å². The highest BCUT2D eigenvalue weighted by Gasteiger charge is 2.19. The van der Waals surface area contributed by atoms with Crippen molar-refractivity contribution in [3.63, 3.8) is 0 Å². The van der Waals surface area contributed by atoms with E-state index in [1.807, 2.05) is 18.2 Å². The minimum absolute atomic E-state index is 0.0930. The molecule has 1 aromatic carbocycles. The van der Waals surface area contributed by atoms with Crippen molar-refractivity contribution in [1.82, 2.24) is 0 Å². The van der Waals surface area contributed by atoms with Crippen molar-refractivity contribution in [2.24, 2.45) is 5.92 Å². The van der Waals surface area contributed by atoms with Crippen LogP contribution in [0.25, 0.3) is 0 Å². The number of esters is 1. The quantitative estimate of drug-likeness (QED) is 0.782. The van der Waals surface area contributed by atoms with Gasteiger partial charge in [-0.1, -0.05) is 18.9 Å². The standard InChI is InChI=1S/C15H18O4/c16-15(8-11-3-1-2-4-11)17-9-12-5-6-13-14(7-12)19-10-18-13/h5-7,11H,1-4,8-10H2. The summed E-state index contributed by atoms with van der Waals surface area (Å²) in [5.74, 6) is 1.92. The fourth-order valence-corrected chi connectivity index (χ4v) is 2.70. The third kappa shape index (κ3) is 3.00. The third-order valence-corrected chi connectivity index (χ3v) is 3.77. The molecule has 1 aliphatic carbocycles. The van der Waals surface area contributed by atoms with Crippen LogP contribution >= 0.6 is 0 Å². The fraction of sp³-hybridized carbons (Fsp3) is 0.533. The van der Waals surface area contributed by atoms with E-state index in [9.17, 15) is 4.79 Å². The summed E-state index contributed by atoms with van der Waals surface area (Å²) in [4.78, 5) is 11.7. The highest BCUT2D eigenvalue weighted by molar-refractivity contribution is 5.69. The van der Waals surface area contributed by atoms with Crippen LogP contribution in [0.5, 0.6) is 11.5 Å². The summed E-state index contributed by atoms with van der Waals surface area (Å²) in [5.41, 5.74) is 0.934. The Morgan fingerprint density at radius 2 is 2.00 bits per heavy atom. The van der Waals surface area contributed by atoms with Crippen LogP contribution < -0.4 is 9.47 Å². The van der Waals surface area contributed by atoms with E-state index in [1.165, 1.54) is 25.7 Å². The maximum atomic E-state index is 11.7. The highest BCUT2D eigenvalue weighted by Crippen LogP contribution is 2.33. The zero-order valence-corrected chi connectivity index (χ0v) is 10.9. The topological polar surface area (TPSA) is 44.8 Å². The third-order valence-electron chi connectivity index (χ3n) is 3.77. The average molecular weight is 262 g/mol. The van der Waals surface area contributed by atoms with E-state index in [0.717, 1.165) is 17.1 Å². The number of hydrogen-bond acceptors (Lipinski definition) is 4. The predicted molar refractivity (Wildman–Crippen MR) is 68.9 cm³/mol. The Hall–Kier alpha value is -1.71. The molecule has 0 bridgehead atoms. The fourth-order valence-electron chi connectivity index (χ4n) is 2.70. The lowest BCUT2D eigenvalue weighted by Gasteiger charge is -2.09. The van der Waals surface area contributed by atoms with E-state index in [1.54, 1.807) is 0 Å². The van der Waals surface area contributed by atoms with E-state index >= 15 is 0 Å². The van der Waals surface area contributed by atoms with Gasteiger partial charge in [-0.2, -0.15) is 0 Å². The number of rotatable bonds is 4. The number of carbonyl (C=O) groups is 1. The summed E-state index contributed by atoms with van der Waals surface area (Å²) in [6.45, 7) is 0.572. The molecule has 4 heteroatoms. The Kier molecular flexibility index (Phi) is 3.58. The summed E-state index contributed by atoms with van der Waals surface area (Å²) in [6.07, 6.45) is 5.39. The van der Waals surface area contributed by atoms with Gasteiger partial charge >= 0.3 is 5.97 Å². The van der Waals surface area contributed by atoms with Gasteiger partial charge in [0.25, 0.3) is 0 Å². The lowest BCUT2D eigenvalue weighted by atomic mass is 10.0. The monoisotopic (exact) mass is 262 g/mol. The molecule has 0 N–H and O–H groups in total. The second-order valence-electron chi connectivity index (χ2n) is 5.20. The molecule has 102 valence electrons. The molecule has 4 nitrogen and oxygen atoms in total. The lowest BCUT2D eigenvalue weighted by Crippen LogP contribution is -2.09. The first-order valence-electron chi connectivity index (χ1n) is 6.85. The van der Waals surface area contributed by atoms with E-state index in [2.05, 4.69) is 0 Å². The number of fused-ring (bicyclic) bond motifs is 1. The first-order valence-corrected chi connectivity index (χ1v) is 6.85. The average Bonchev–Trinajstić information content (AvgIpc) is 3.06. The van der Waals surface area contributed by atoms with Gasteiger partial charge in [0, 0.05) is 6.42 Å². The van der Waals surface area contributed by atoms with Crippen molar-refractivity contribution < 1.29 is 19.0 Å². The van der Waals surface area contributed by atoms with Crippen LogP contribution in [0.15, 0.2) is 18.2 Å². The molecule has 0 unspecified atom stereocenters. The summed E-state index contributed by atoms with van der Waals surface area (Å²) in [7, 11) is 0. The van der Waals surface area contributed by atoms with Gasteiger partial charge in [0.1, 0.15) is 6.61 Å². The molecule has 0 spiro atoms. The van der Waals surface area contributed by atoms with Crippen LogP contribution in [0.3, 0.4) is 0 Å². The van der Waals surface area contributed by atoms with Gasteiger partial charge in [0.2, 0.25) is 6.79 Å². The van der Waals surface area contributed by atoms with E-state index in [0.29, 0.717) is 18.9 Å². The van der Waals surface area contributed by atoms with Crippen LogP contribution in [0, 0.1) is 5.92 Å². The van der Waals surface area contributed by atoms with Gasteiger partial charge in [-0.05, 0) is 36.5 Å². The number of benzene rings is 1. The second kappa shape index (κ2) is 5.51. The number of carbonyl (C=O) groups excluding carboxylic acids is 1. The van der Waals surface area contributed by atoms with Crippen molar-refractivity contribution in [1.29, 1.82) is 0 Å². The zero-order valence-electron chi connectivity index (χ0n) is 10.9. The largest absolute Gasteiger partial charge is 0.461 e. The lowest BCUT2D eigenvalue weighted by molar-refractivity contribution is -0.146. The molecule has 3 rings (SSSR count). The van der Waals surface area contributed by atoms with Gasteiger partial charge < -0.3 is 14.2 Å². The van der Waals surface area contributed by atoms with Gasteiger partial charge in [0.15, 0.2) is 11.5 Å². The van der Waals surface area contributed by atoms with Gasteiger partial charge in [0.05, 0.1) is 0 Å².